The summed E-state index contributed by atoms with van der Waals surface area (Å²) in [6.45, 7) is 0.121. The maximum Gasteiger partial charge on any atom is 0.258 e. The van der Waals surface area contributed by atoms with Crippen molar-refractivity contribution in [1.29, 1.82) is 0 Å². The molecular weight excluding hydrogens is 349 g/mol. The molecule has 0 atom stereocenters. The van der Waals surface area contributed by atoms with Gasteiger partial charge in [0, 0.05) is 21.2 Å². The van der Waals surface area contributed by atoms with Gasteiger partial charge in [0.25, 0.3) is 5.88 Å². The number of aromatic hydroxyl groups is 1. The Morgan fingerprint density at radius 3 is 2.38 bits per heavy atom. The van der Waals surface area contributed by atoms with E-state index in [4.69, 9.17) is 33.7 Å². The van der Waals surface area contributed by atoms with Crippen molar-refractivity contribution in [2.24, 2.45) is 0 Å². The summed E-state index contributed by atoms with van der Waals surface area (Å²) in [6.07, 6.45) is 1.54. The van der Waals surface area contributed by atoms with Gasteiger partial charge in [0.15, 0.2) is 5.82 Å². The Balaban J connectivity index is 1.86. The van der Waals surface area contributed by atoms with Crippen LogP contribution in [0.5, 0.6) is 11.6 Å². The van der Waals surface area contributed by atoms with E-state index in [2.05, 4.69) is 9.97 Å². The molecule has 0 saturated heterocycles. The second kappa shape index (κ2) is 6.95. The van der Waals surface area contributed by atoms with Gasteiger partial charge in [0.2, 0.25) is 0 Å². The maximum atomic E-state index is 9.36. The van der Waals surface area contributed by atoms with Crippen LogP contribution in [0.3, 0.4) is 0 Å². The molecule has 24 heavy (non-hydrogen) atoms. The first-order chi connectivity index (χ1) is 11.5. The van der Waals surface area contributed by atoms with Crippen molar-refractivity contribution in [1.82, 2.24) is 9.97 Å². The summed E-state index contributed by atoms with van der Waals surface area (Å²) in [5, 5.41) is 10.4. The summed E-state index contributed by atoms with van der Waals surface area (Å²) in [4.78, 5) is 8.47. The Morgan fingerprint density at radius 2 is 1.71 bits per heavy atom. The van der Waals surface area contributed by atoms with Crippen LogP contribution in [0.15, 0.2) is 48.7 Å². The monoisotopic (exact) mass is 361 g/mol. The Kier molecular flexibility index (Phi) is 4.74. The molecule has 3 aromatic rings. The lowest BCUT2D eigenvalue weighted by Gasteiger charge is -2.11. The lowest BCUT2D eigenvalue weighted by atomic mass is 10.1. The lowest BCUT2D eigenvalue weighted by molar-refractivity contribution is 0.295. The number of phenolic OH excluding ortho intramolecular Hbond substituents is 1. The van der Waals surface area contributed by atoms with Crippen molar-refractivity contribution >= 4 is 29.0 Å². The molecule has 2 aromatic carbocycles. The number of rotatable bonds is 4. The largest absolute Gasteiger partial charge is 0.508 e. The SMILES string of the molecule is Nc1ncc(-c2ccc(O)cc2)nc1OCc1c(Cl)cccc1Cl. The number of hydrogen-bond acceptors (Lipinski definition) is 5. The molecule has 0 saturated carbocycles. The van der Waals surface area contributed by atoms with Crippen molar-refractivity contribution in [3.05, 3.63) is 64.3 Å². The van der Waals surface area contributed by atoms with Gasteiger partial charge in [-0.25, -0.2) is 9.97 Å². The van der Waals surface area contributed by atoms with Gasteiger partial charge in [0.1, 0.15) is 12.4 Å². The number of nitrogens with zero attached hydrogens (tertiary/aromatic N) is 2. The molecule has 3 N–H and O–H groups in total. The minimum Gasteiger partial charge on any atom is -0.508 e. The second-order valence-electron chi connectivity index (χ2n) is 4.98. The number of ether oxygens (including phenoxy) is 1. The van der Waals surface area contributed by atoms with Crippen LogP contribution < -0.4 is 10.5 Å². The van der Waals surface area contributed by atoms with Gasteiger partial charge < -0.3 is 15.6 Å². The van der Waals surface area contributed by atoms with E-state index in [9.17, 15) is 5.11 Å². The third-order valence-electron chi connectivity index (χ3n) is 3.35. The molecule has 122 valence electrons. The Hall–Kier alpha value is -2.50. The minimum absolute atomic E-state index is 0.121. The number of anilines is 1. The van der Waals surface area contributed by atoms with Gasteiger partial charge in [-0.15, -0.1) is 0 Å². The van der Waals surface area contributed by atoms with Gasteiger partial charge in [-0.2, -0.15) is 0 Å². The minimum atomic E-state index is 0.121. The summed E-state index contributed by atoms with van der Waals surface area (Å²) >= 11 is 12.2. The number of phenols is 1. The topological polar surface area (TPSA) is 81.3 Å². The molecule has 0 bridgehead atoms. The average molecular weight is 362 g/mol. The van der Waals surface area contributed by atoms with Gasteiger partial charge in [-0.3, -0.25) is 0 Å². The molecule has 0 amide bonds. The van der Waals surface area contributed by atoms with Crippen molar-refractivity contribution < 1.29 is 9.84 Å². The highest BCUT2D eigenvalue weighted by atomic mass is 35.5. The van der Waals surface area contributed by atoms with Gasteiger partial charge in [-0.05, 0) is 36.4 Å². The fraction of sp³-hybridized carbons (Fsp3) is 0.0588. The molecule has 3 rings (SSSR count). The Morgan fingerprint density at radius 1 is 1.04 bits per heavy atom. The second-order valence-corrected chi connectivity index (χ2v) is 5.80. The molecule has 5 nitrogen and oxygen atoms in total. The van der Waals surface area contributed by atoms with E-state index in [0.717, 1.165) is 5.56 Å². The molecular formula is C17H13Cl2N3O2. The highest BCUT2D eigenvalue weighted by Gasteiger charge is 2.11. The smallest absolute Gasteiger partial charge is 0.258 e. The quantitative estimate of drug-likeness (QED) is 0.723. The zero-order valence-corrected chi connectivity index (χ0v) is 13.9. The molecule has 0 aliphatic heterocycles. The number of aromatic nitrogens is 2. The highest BCUT2D eigenvalue weighted by Crippen LogP contribution is 2.28. The van der Waals surface area contributed by atoms with Crippen LogP contribution >= 0.6 is 23.2 Å². The average Bonchev–Trinajstić information content (AvgIpc) is 2.57. The highest BCUT2D eigenvalue weighted by molar-refractivity contribution is 6.35. The number of hydrogen-bond donors (Lipinski definition) is 2. The van der Waals surface area contributed by atoms with Gasteiger partial charge >= 0.3 is 0 Å². The zero-order valence-electron chi connectivity index (χ0n) is 12.4. The van der Waals surface area contributed by atoms with Crippen LogP contribution in [-0.4, -0.2) is 15.1 Å². The molecule has 1 aromatic heterocycles. The maximum absolute atomic E-state index is 9.36. The van der Waals surface area contributed by atoms with E-state index in [-0.39, 0.29) is 24.1 Å². The fourth-order valence-electron chi connectivity index (χ4n) is 2.07. The normalized spacial score (nSPS) is 10.6. The molecule has 0 spiro atoms. The van der Waals surface area contributed by atoms with Crippen LogP contribution in [0.2, 0.25) is 10.0 Å². The molecule has 0 radical (unpaired) electrons. The van der Waals surface area contributed by atoms with Crippen molar-refractivity contribution in [2.45, 2.75) is 6.61 Å². The molecule has 7 heteroatoms. The lowest BCUT2D eigenvalue weighted by Crippen LogP contribution is -2.04. The molecule has 0 aliphatic carbocycles. The van der Waals surface area contributed by atoms with Crippen LogP contribution in [0.1, 0.15) is 5.56 Å². The van der Waals surface area contributed by atoms with Crippen LogP contribution in [0, 0.1) is 0 Å². The van der Waals surface area contributed by atoms with E-state index in [0.29, 0.717) is 21.3 Å². The number of benzene rings is 2. The van der Waals surface area contributed by atoms with Crippen molar-refractivity contribution in [3.8, 4) is 22.9 Å². The summed E-state index contributed by atoms with van der Waals surface area (Å²) in [5.41, 5.74) is 7.83. The number of nitrogens with two attached hydrogens (primary N) is 1. The first-order valence-corrected chi connectivity index (χ1v) is 7.78. The first kappa shape index (κ1) is 16.4. The predicted molar refractivity (Wildman–Crippen MR) is 94.3 cm³/mol. The summed E-state index contributed by atoms with van der Waals surface area (Å²) in [5.74, 6) is 0.532. The van der Waals surface area contributed by atoms with Gasteiger partial charge in [0.05, 0.1) is 11.9 Å². The third kappa shape index (κ3) is 3.53. The summed E-state index contributed by atoms with van der Waals surface area (Å²) < 4.78 is 5.65. The van der Waals surface area contributed by atoms with E-state index >= 15 is 0 Å². The number of halogens is 2. The third-order valence-corrected chi connectivity index (χ3v) is 4.05. The molecule has 0 aliphatic rings. The Bertz CT molecular complexity index is 850. The molecule has 1 heterocycles. The fourth-order valence-corrected chi connectivity index (χ4v) is 2.58. The van der Waals surface area contributed by atoms with Crippen LogP contribution in [0.4, 0.5) is 5.82 Å². The molecule has 0 fully saturated rings. The number of nitrogen functional groups attached to an aromatic ring is 1. The predicted octanol–water partition coefficient (Wildman–Crippen LogP) is 4.32. The van der Waals surface area contributed by atoms with Crippen molar-refractivity contribution in [3.63, 3.8) is 0 Å². The van der Waals surface area contributed by atoms with Gasteiger partial charge in [-0.1, -0.05) is 29.3 Å². The van der Waals surface area contributed by atoms with Crippen molar-refractivity contribution in [2.75, 3.05) is 5.73 Å². The summed E-state index contributed by atoms with van der Waals surface area (Å²) in [6, 6.07) is 11.8. The van der Waals surface area contributed by atoms with E-state index in [1.165, 1.54) is 6.20 Å². The summed E-state index contributed by atoms with van der Waals surface area (Å²) in [7, 11) is 0. The Labute approximate surface area is 148 Å². The van der Waals surface area contributed by atoms with E-state index in [1.54, 1.807) is 42.5 Å². The van der Waals surface area contributed by atoms with Crippen LogP contribution in [-0.2, 0) is 6.61 Å². The zero-order chi connectivity index (χ0) is 17.1. The van der Waals surface area contributed by atoms with Crippen LogP contribution in [0.25, 0.3) is 11.3 Å². The van der Waals surface area contributed by atoms with E-state index < -0.39 is 0 Å². The van der Waals surface area contributed by atoms with E-state index in [1.807, 2.05) is 0 Å². The standard InChI is InChI=1S/C17H13Cl2N3O2/c18-13-2-1-3-14(19)12(13)9-24-17-16(20)21-8-15(22-17)10-4-6-11(23)7-5-10/h1-8,23H,9H2,(H2,20,21). The molecule has 0 unspecified atom stereocenters. The first-order valence-electron chi connectivity index (χ1n) is 7.02.